The highest BCUT2D eigenvalue weighted by atomic mass is 35.5. The number of carbonyl (C=O) groups is 1. The maximum Gasteiger partial charge on any atom is 0.274 e. The predicted octanol–water partition coefficient (Wildman–Crippen LogP) is 3.27. The Kier molecular flexibility index (Phi) is 4.40. The summed E-state index contributed by atoms with van der Waals surface area (Å²) in [5.74, 6) is 0.794. The standard InChI is InChI=1S/C14H20ClN3O/c1-4-7-18(10-5-6-10)14(19)12-11(15)8-16-13(17-12)9(2)3/h8-10H,4-7H2,1-3H3. The molecule has 1 aliphatic carbocycles. The highest BCUT2D eigenvalue weighted by molar-refractivity contribution is 6.33. The first-order chi connectivity index (χ1) is 9.04. The van der Waals surface area contributed by atoms with E-state index in [2.05, 4.69) is 16.9 Å². The molecule has 4 nitrogen and oxygen atoms in total. The van der Waals surface area contributed by atoms with Crippen LogP contribution in [0.2, 0.25) is 5.02 Å². The Bertz CT molecular complexity index is 472. The van der Waals surface area contributed by atoms with Crippen LogP contribution in [0, 0.1) is 0 Å². The first-order valence-corrected chi connectivity index (χ1v) is 7.25. The fourth-order valence-electron chi connectivity index (χ4n) is 2.02. The molecule has 19 heavy (non-hydrogen) atoms. The Labute approximate surface area is 119 Å². The van der Waals surface area contributed by atoms with Crippen LogP contribution in [0.4, 0.5) is 0 Å². The molecule has 0 spiro atoms. The lowest BCUT2D eigenvalue weighted by atomic mass is 10.2. The van der Waals surface area contributed by atoms with Crippen molar-refractivity contribution in [3.63, 3.8) is 0 Å². The van der Waals surface area contributed by atoms with Gasteiger partial charge in [-0.3, -0.25) is 4.79 Å². The predicted molar refractivity (Wildman–Crippen MR) is 75.5 cm³/mol. The molecule has 1 fully saturated rings. The van der Waals surface area contributed by atoms with E-state index < -0.39 is 0 Å². The third-order valence-corrected chi connectivity index (χ3v) is 3.47. The molecule has 1 aromatic rings. The van der Waals surface area contributed by atoms with Crippen LogP contribution in [0.25, 0.3) is 0 Å². The Morgan fingerprint density at radius 3 is 2.74 bits per heavy atom. The summed E-state index contributed by atoms with van der Waals surface area (Å²) in [6.07, 6.45) is 4.66. The van der Waals surface area contributed by atoms with E-state index in [1.165, 1.54) is 6.20 Å². The summed E-state index contributed by atoms with van der Waals surface area (Å²) in [6.45, 7) is 6.84. The number of nitrogens with zero attached hydrogens (tertiary/aromatic N) is 3. The van der Waals surface area contributed by atoms with Crippen molar-refractivity contribution < 1.29 is 4.79 Å². The Balaban J connectivity index is 2.28. The van der Waals surface area contributed by atoms with E-state index in [9.17, 15) is 4.79 Å². The molecule has 0 atom stereocenters. The fraction of sp³-hybridized carbons (Fsp3) is 0.643. The minimum absolute atomic E-state index is 0.0568. The quantitative estimate of drug-likeness (QED) is 0.832. The summed E-state index contributed by atoms with van der Waals surface area (Å²) in [4.78, 5) is 23.0. The van der Waals surface area contributed by atoms with Gasteiger partial charge < -0.3 is 4.90 Å². The number of rotatable bonds is 5. The average molecular weight is 282 g/mol. The van der Waals surface area contributed by atoms with Gasteiger partial charge in [-0.2, -0.15) is 0 Å². The van der Waals surface area contributed by atoms with E-state index in [0.29, 0.717) is 22.6 Å². The molecule has 1 saturated carbocycles. The normalized spacial score (nSPS) is 14.8. The zero-order valence-electron chi connectivity index (χ0n) is 11.7. The van der Waals surface area contributed by atoms with E-state index in [1.807, 2.05) is 18.7 Å². The fourth-order valence-corrected chi connectivity index (χ4v) is 2.19. The van der Waals surface area contributed by atoms with Crippen molar-refractivity contribution in [2.75, 3.05) is 6.54 Å². The number of hydrogen-bond donors (Lipinski definition) is 0. The lowest BCUT2D eigenvalue weighted by Crippen LogP contribution is -2.34. The molecule has 0 radical (unpaired) electrons. The van der Waals surface area contributed by atoms with Crippen LogP contribution in [-0.4, -0.2) is 33.4 Å². The smallest absolute Gasteiger partial charge is 0.274 e. The molecule has 5 heteroatoms. The van der Waals surface area contributed by atoms with Crippen molar-refractivity contribution in [1.29, 1.82) is 0 Å². The van der Waals surface area contributed by atoms with E-state index >= 15 is 0 Å². The van der Waals surface area contributed by atoms with Gasteiger partial charge in [-0.05, 0) is 19.3 Å². The van der Waals surface area contributed by atoms with Gasteiger partial charge in [0.2, 0.25) is 0 Å². The van der Waals surface area contributed by atoms with Gasteiger partial charge >= 0.3 is 0 Å². The van der Waals surface area contributed by atoms with Gasteiger partial charge in [-0.1, -0.05) is 32.4 Å². The molecular weight excluding hydrogens is 262 g/mol. The molecule has 0 saturated heterocycles. The SMILES string of the molecule is CCCN(C(=O)c1nc(C(C)C)ncc1Cl)C1CC1. The zero-order chi connectivity index (χ0) is 14.0. The number of aromatic nitrogens is 2. The van der Waals surface area contributed by atoms with Crippen LogP contribution in [0.3, 0.4) is 0 Å². The van der Waals surface area contributed by atoms with Crippen molar-refractivity contribution in [3.05, 3.63) is 22.7 Å². The maximum atomic E-state index is 12.6. The first kappa shape index (κ1) is 14.3. The second kappa shape index (κ2) is 5.87. The molecule has 2 rings (SSSR count). The van der Waals surface area contributed by atoms with Gasteiger partial charge in [0.15, 0.2) is 5.69 Å². The summed E-state index contributed by atoms with van der Waals surface area (Å²) >= 11 is 6.09. The van der Waals surface area contributed by atoms with E-state index in [4.69, 9.17) is 11.6 Å². The monoisotopic (exact) mass is 281 g/mol. The molecule has 0 unspecified atom stereocenters. The summed E-state index contributed by atoms with van der Waals surface area (Å²) in [5.41, 5.74) is 0.348. The van der Waals surface area contributed by atoms with Crippen LogP contribution in [-0.2, 0) is 0 Å². The van der Waals surface area contributed by atoms with Crippen molar-refractivity contribution in [3.8, 4) is 0 Å². The lowest BCUT2D eigenvalue weighted by Gasteiger charge is -2.22. The summed E-state index contributed by atoms with van der Waals surface area (Å²) in [7, 11) is 0. The first-order valence-electron chi connectivity index (χ1n) is 6.88. The van der Waals surface area contributed by atoms with E-state index in [0.717, 1.165) is 25.8 Å². The number of halogens is 1. The molecule has 1 amide bonds. The van der Waals surface area contributed by atoms with E-state index in [1.54, 1.807) is 0 Å². The van der Waals surface area contributed by atoms with Gasteiger partial charge in [-0.15, -0.1) is 0 Å². The largest absolute Gasteiger partial charge is 0.334 e. The third kappa shape index (κ3) is 3.24. The topological polar surface area (TPSA) is 46.1 Å². The molecular formula is C14H20ClN3O. The zero-order valence-corrected chi connectivity index (χ0v) is 12.4. The van der Waals surface area contributed by atoms with Crippen molar-refractivity contribution in [2.45, 2.75) is 52.0 Å². The Hall–Kier alpha value is -1.16. The molecule has 0 aromatic carbocycles. The molecule has 104 valence electrons. The van der Waals surface area contributed by atoms with Gasteiger partial charge in [0, 0.05) is 18.5 Å². The number of hydrogen-bond acceptors (Lipinski definition) is 3. The van der Waals surface area contributed by atoms with Gasteiger partial charge in [0.1, 0.15) is 5.82 Å². The highest BCUT2D eigenvalue weighted by Crippen LogP contribution is 2.29. The van der Waals surface area contributed by atoms with Crippen LogP contribution in [0.1, 0.15) is 62.3 Å². The second-order valence-electron chi connectivity index (χ2n) is 5.31. The van der Waals surface area contributed by atoms with Crippen molar-refractivity contribution >= 4 is 17.5 Å². The van der Waals surface area contributed by atoms with Gasteiger partial charge in [0.25, 0.3) is 5.91 Å². The minimum atomic E-state index is -0.0568. The molecule has 1 heterocycles. The van der Waals surface area contributed by atoms with Crippen LogP contribution >= 0.6 is 11.6 Å². The Morgan fingerprint density at radius 2 is 2.21 bits per heavy atom. The van der Waals surface area contributed by atoms with Crippen LogP contribution in [0.15, 0.2) is 6.20 Å². The average Bonchev–Trinajstić information content (AvgIpc) is 3.19. The van der Waals surface area contributed by atoms with Gasteiger partial charge in [-0.25, -0.2) is 9.97 Å². The lowest BCUT2D eigenvalue weighted by molar-refractivity contribution is 0.0736. The summed E-state index contributed by atoms with van der Waals surface area (Å²) in [5, 5.41) is 0.344. The molecule has 0 aliphatic heterocycles. The molecule has 1 aromatic heterocycles. The second-order valence-corrected chi connectivity index (χ2v) is 5.72. The third-order valence-electron chi connectivity index (χ3n) is 3.19. The minimum Gasteiger partial charge on any atom is -0.334 e. The van der Waals surface area contributed by atoms with Crippen LogP contribution < -0.4 is 0 Å². The number of carbonyl (C=O) groups excluding carboxylic acids is 1. The van der Waals surface area contributed by atoms with Gasteiger partial charge in [0.05, 0.1) is 11.2 Å². The van der Waals surface area contributed by atoms with Crippen molar-refractivity contribution in [1.82, 2.24) is 14.9 Å². The van der Waals surface area contributed by atoms with Crippen molar-refractivity contribution in [2.24, 2.45) is 0 Å². The van der Waals surface area contributed by atoms with E-state index in [-0.39, 0.29) is 11.8 Å². The highest BCUT2D eigenvalue weighted by Gasteiger charge is 2.34. The summed E-state index contributed by atoms with van der Waals surface area (Å²) in [6, 6.07) is 0.376. The molecule has 0 N–H and O–H groups in total. The summed E-state index contributed by atoms with van der Waals surface area (Å²) < 4.78 is 0. The maximum absolute atomic E-state index is 12.6. The van der Waals surface area contributed by atoms with Crippen LogP contribution in [0.5, 0.6) is 0 Å². The molecule has 0 bridgehead atoms. The number of amides is 1. The Morgan fingerprint density at radius 1 is 1.53 bits per heavy atom. The molecule has 1 aliphatic rings.